The average molecular weight is 209 g/mol. The summed E-state index contributed by atoms with van der Waals surface area (Å²) in [6, 6.07) is 0. The zero-order valence-electron chi connectivity index (χ0n) is 9.43. The normalized spacial score (nSPS) is 13.1. The molecule has 1 N–H and O–H groups in total. The number of aliphatic hydroxyl groups excluding tert-OH is 1. The fourth-order valence-electron chi connectivity index (χ4n) is 1.48. The zero-order chi connectivity index (χ0) is 11.1. The first-order valence-corrected chi connectivity index (χ1v) is 5.44. The van der Waals surface area contributed by atoms with Crippen LogP contribution in [0.5, 0.6) is 0 Å². The molecule has 15 heavy (non-hydrogen) atoms. The summed E-state index contributed by atoms with van der Waals surface area (Å²) < 4.78 is 0. The van der Waals surface area contributed by atoms with E-state index in [1.54, 1.807) is 18.6 Å². The van der Waals surface area contributed by atoms with Crippen molar-refractivity contribution < 1.29 is 5.11 Å². The van der Waals surface area contributed by atoms with Crippen LogP contribution >= 0.6 is 0 Å². The van der Waals surface area contributed by atoms with E-state index in [0.717, 1.165) is 19.6 Å². The second-order valence-corrected chi connectivity index (χ2v) is 3.46. The molecule has 0 aliphatic carbocycles. The molecule has 84 valence electrons. The Morgan fingerprint density at radius 3 is 2.60 bits per heavy atom. The molecule has 0 spiro atoms. The van der Waals surface area contributed by atoms with Crippen molar-refractivity contribution in [2.24, 2.45) is 0 Å². The van der Waals surface area contributed by atoms with Crippen molar-refractivity contribution in [3.05, 3.63) is 24.3 Å². The first-order valence-electron chi connectivity index (χ1n) is 5.44. The maximum absolute atomic E-state index is 9.83. The predicted molar refractivity (Wildman–Crippen MR) is 59.4 cm³/mol. The van der Waals surface area contributed by atoms with Gasteiger partial charge in [-0.2, -0.15) is 0 Å². The van der Waals surface area contributed by atoms with Crippen LogP contribution in [0.1, 0.15) is 32.1 Å². The molecule has 1 atom stereocenters. The molecule has 1 heterocycles. The lowest BCUT2D eigenvalue weighted by Crippen LogP contribution is -2.25. The first-order chi connectivity index (χ1) is 7.27. The summed E-state index contributed by atoms with van der Waals surface area (Å²) >= 11 is 0. The molecule has 4 heteroatoms. The quantitative estimate of drug-likeness (QED) is 0.766. The molecule has 1 aromatic rings. The Morgan fingerprint density at radius 1 is 1.33 bits per heavy atom. The Hall–Kier alpha value is -1.00. The Labute approximate surface area is 91.0 Å². The molecule has 0 saturated carbocycles. The van der Waals surface area contributed by atoms with Gasteiger partial charge >= 0.3 is 0 Å². The molecule has 4 nitrogen and oxygen atoms in total. The van der Waals surface area contributed by atoms with Crippen molar-refractivity contribution >= 4 is 0 Å². The Kier molecular flexibility index (Phi) is 5.21. The second-order valence-electron chi connectivity index (χ2n) is 3.46. The van der Waals surface area contributed by atoms with E-state index >= 15 is 0 Å². The fourth-order valence-corrected chi connectivity index (χ4v) is 1.48. The summed E-state index contributed by atoms with van der Waals surface area (Å²) in [5.41, 5.74) is 0.657. The Balaban J connectivity index is 2.39. The van der Waals surface area contributed by atoms with Gasteiger partial charge in [0.25, 0.3) is 0 Å². The topological polar surface area (TPSA) is 49.2 Å². The SMILES string of the molecule is CCN(CC)CCC(O)c1cnccn1. The molecular weight excluding hydrogens is 190 g/mol. The van der Waals surface area contributed by atoms with Crippen molar-refractivity contribution in [1.29, 1.82) is 0 Å². The molecule has 1 rings (SSSR count). The minimum absolute atomic E-state index is 0.501. The molecule has 0 amide bonds. The van der Waals surface area contributed by atoms with E-state index in [4.69, 9.17) is 0 Å². The number of hydrogen-bond donors (Lipinski definition) is 1. The lowest BCUT2D eigenvalue weighted by atomic mass is 10.2. The van der Waals surface area contributed by atoms with E-state index in [2.05, 4.69) is 28.7 Å². The van der Waals surface area contributed by atoms with Gasteiger partial charge in [-0.05, 0) is 19.5 Å². The van der Waals surface area contributed by atoms with Crippen LogP contribution in [0.15, 0.2) is 18.6 Å². The third kappa shape index (κ3) is 3.93. The number of hydrogen-bond acceptors (Lipinski definition) is 4. The Morgan fingerprint density at radius 2 is 2.07 bits per heavy atom. The third-order valence-corrected chi connectivity index (χ3v) is 2.54. The third-order valence-electron chi connectivity index (χ3n) is 2.54. The van der Waals surface area contributed by atoms with Crippen LogP contribution in [0, 0.1) is 0 Å². The van der Waals surface area contributed by atoms with Gasteiger partial charge in [-0.15, -0.1) is 0 Å². The standard InChI is InChI=1S/C11H19N3O/c1-3-14(4-2)8-5-11(15)10-9-12-6-7-13-10/h6-7,9,11,15H,3-5,8H2,1-2H3. The first kappa shape index (κ1) is 12.1. The van der Waals surface area contributed by atoms with Crippen molar-refractivity contribution in [3.63, 3.8) is 0 Å². The lowest BCUT2D eigenvalue weighted by Gasteiger charge is -2.19. The maximum atomic E-state index is 9.83. The fraction of sp³-hybridized carbons (Fsp3) is 0.636. The van der Waals surface area contributed by atoms with Crippen LogP contribution in [0.4, 0.5) is 0 Å². The zero-order valence-corrected chi connectivity index (χ0v) is 9.43. The number of aliphatic hydroxyl groups is 1. The summed E-state index contributed by atoms with van der Waals surface area (Å²) in [5, 5.41) is 9.83. The molecule has 0 aromatic carbocycles. The summed E-state index contributed by atoms with van der Waals surface area (Å²) in [5.74, 6) is 0. The van der Waals surface area contributed by atoms with Crippen molar-refractivity contribution in [1.82, 2.24) is 14.9 Å². The van der Waals surface area contributed by atoms with Gasteiger partial charge in [0.1, 0.15) is 0 Å². The van der Waals surface area contributed by atoms with E-state index in [-0.39, 0.29) is 0 Å². The molecule has 0 saturated heterocycles. The molecule has 0 radical (unpaired) electrons. The highest BCUT2D eigenvalue weighted by molar-refractivity contribution is 4.98. The van der Waals surface area contributed by atoms with E-state index in [9.17, 15) is 5.11 Å². The predicted octanol–water partition coefficient (Wildman–Crippen LogP) is 1.24. The molecular formula is C11H19N3O. The van der Waals surface area contributed by atoms with Crippen molar-refractivity contribution in [2.75, 3.05) is 19.6 Å². The van der Waals surface area contributed by atoms with Crippen molar-refractivity contribution in [3.8, 4) is 0 Å². The highest BCUT2D eigenvalue weighted by Gasteiger charge is 2.10. The van der Waals surface area contributed by atoms with Crippen LogP contribution in [-0.4, -0.2) is 39.6 Å². The highest BCUT2D eigenvalue weighted by atomic mass is 16.3. The van der Waals surface area contributed by atoms with Gasteiger partial charge in [-0.1, -0.05) is 13.8 Å². The van der Waals surface area contributed by atoms with Gasteiger partial charge in [0, 0.05) is 18.9 Å². The van der Waals surface area contributed by atoms with Gasteiger partial charge < -0.3 is 10.0 Å². The van der Waals surface area contributed by atoms with Crippen LogP contribution in [0.3, 0.4) is 0 Å². The molecule has 1 aromatic heterocycles. The molecule has 0 aliphatic rings. The van der Waals surface area contributed by atoms with Crippen LogP contribution in [0.25, 0.3) is 0 Å². The maximum Gasteiger partial charge on any atom is 0.0987 e. The Bertz CT molecular complexity index is 262. The van der Waals surface area contributed by atoms with Gasteiger partial charge in [0.15, 0.2) is 0 Å². The van der Waals surface area contributed by atoms with E-state index in [1.165, 1.54) is 0 Å². The van der Waals surface area contributed by atoms with Crippen LogP contribution in [0.2, 0.25) is 0 Å². The number of aromatic nitrogens is 2. The van der Waals surface area contributed by atoms with Gasteiger partial charge in [-0.25, -0.2) is 0 Å². The smallest absolute Gasteiger partial charge is 0.0987 e. The van der Waals surface area contributed by atoms with Gasteiger partial charge in [-0.3, -0.25) is 9.97 Å². The molecule has 1 unspecified atom stereocenters. The second kappa shape index (κ2) is 6.48. The molecule has 0 aliphatic heterocycles. The van der Waals surface area contributed by atoms with Gasteiger partial charge in [0.2, 0.25) is 0 Å². The van der Waals surface area contributed by atoms with E-state index < -0.39 is 6.10 Å². The summed E-state index contributed by atoms with van der Waals surface area (Å²) in [4.78, 5) is 10.3. The summed E-state index contributed by atoms with van der Waals surface area (Å²) in [6.45, 7) is 7.18. The highest BCUT2D eigenvalue weighted by Crippen LogP contribution is 2.12. The average Bonchev–Trinajstić information content (AvgIpc) is 2.31. The monoisotopic (exact) mass is 209 g/mol. The van der Waals surface area contributed by atoms with Gasteiger partial charge in [0.05, 0.1) is 18.0 Å². The minimum atomic E-state index is -0.501. The molecule has 0 fully saturated rings. The van der Waals surface area contributed by atoms with Crippen LogP contribution in [-0.2, 0) is 0 Å². The summed E-state index contributed by atoms with van der Waals surface area (Å²) in [7, 11) is 0. The minimum Gasteiger partial charge on any atom is -0.387 e. The van der Waals surface area contributed by atoms with E-state index in [1.807, 2.05) is 0 Å². The number of rotatable bonds is 6. The van der Waals surface area contributed by atoms with Crippen LogP contribution < -0.4 is 0 Å². The largest absolute Gasteiger partial charge is 0.387 e. The molecule has 0 bridgehead atoms. The lowest BCUT2D eigenvalue weighted by molar-refractivity contribution is 0.141. The van der Waals surface area contributed by atoms with Crippen molar-refractivity contribution in [2.45, 2.75) is 26.4 Å². The van der Waals surface area contributed by atoms with E-state index in [0.29, 0.717) is 12.1 Å². The number of nitrogens with zero attached hydrogens (tertiary/aromatic N) is 3. The summed E-state index contributed by atoms with van der Waals surface area (Å²) in [6.07, 6.45) is 5.04.